The molecule has 5 heteroatoms. The Kier molecular flexibility index (Phi) is 3.56. The van der Waals surface area contributed by atoms with Crippen molar-refractivity contribution in [3.8, 4) is 6.07 Å². The highest BCUT2D eigenvalue weighted by atomic mass is 35.5. The van der Waals surface area contributed by atoms with Crippen molar-refractivity contribution < 1.29 is 4.79 Å². The van der Waals surface area contributed by atoms with Crippen molar-refractivity contribution in [1.29, 1.82) is 5.26 Å². The number of benzene rings is 1. The number of nitrogens with one attached hydrogen (secondary N) is 1. The smallest absolute Gasteiger partial charge is 0.258 e. The van der Waals surface area contributed by atoms with Crippen LogP contribution < -0.4 is 5.32 Å². The molecular weight excluding hydrogens is 250 g/mol. The van der Waals surface area contributed by atoms with Crippen LogP contribution in [-0.4, -0.2) is 10.9 Å². The number of carbonyl (C=O) groups is 1. The maximum atomic E-state index is 11.9. The highest BCUT2D eigenvalue weighted by Crippen LogP contribution is 2.16. The SMILES string of the molecule is N#Cc1ccc(NC(=O)c2cnccc2Cl)cc1. The van der Waals surface area contributed by atoms with Gasteiger partial charge in [0, 0.05) is 18.1 Å². The lowest BCUT2D eigenvalue weighted by Gasteiger charge is -2.05. The van der Waals surface area contributed by atoms with Gasteiger partial charge in [0.1, 0.15) is 0 Å². The van der Waals surface area contributed by atoms with Crippen LogP contribution in [0, 0.1) is 11.3 Å². The third-order valence-corrected chi connectivity index (χ3v) is 2.61. The predicted molar refractivity (Wildman–Crippen MR) is 68.4 cm³/mol. The first-order valence-electron chi connectivity index (χ1n) is 5.12. The molecule has 88 valence electrons. The van der Waals surface area contributed by atoms with Crippen LogP contribution in [0.3, 0.4) is 0 Å². The van der Waals surface area contributed by atoms with Gasteiger partial charge in [-0.3, -0.25) is 9.78 Å². The van der Waals surface area contributed by atoms with Gasteiger partial charge in [0.2, 0.25) is 0 Å². The Morgan fingerprint density at radius 2 is 2.00 bits per heavy atom. The second-order valence-corrected chi connectivity index (χ2v) is 3.91. The van der Waals surface area contributed by atoms with E-state index in [2.05, 4.69) is 10.3 Å². The topological polar surface area (TPSA) is 65.8 Å². The molecule has 0 aliphatic heterocycles. The van der Waals surface area contributed by atoms with Crippen LogP contribution in [0.4, 0.5) is 5.69 Å². The second-order valence-electron chi connectivity index (χ2n) is 3.50. The van der Waals surface area contributed by atoms with E-state index in [9.17, 15) is 4.79 Å². The summed E-state index contributed by atoms with van der Waals surface area (Å²) in [6, 6.07) is 10.1. The Hall–Kier alpha value is -2.38. The van der Waals surface area contributed by atoms with E-state index in [0.717, 1.165) is 0 Å². The molecule has 1 aromatic heterocycles. The Bertz CT molecular complexity index is 617. The molecule has 0 aliphatic rings. The van der Waals surface area contributed by atoms with E-state index in [-0.39, 0.29) is 5.91 Å². The van der Waals surface area contributed by atoms with E-state index in [1.165, 1.54) is 12.4 Å². The first-order chi connectivity index (χ1) is 8.70. The number of hydrogen-bond acceptors (Lipinski definition) is 3. The summed E-state index contributed by atoms with van der Waals surface area (Å²) in [6.07, 6.45) is 2.92. The number of aromatic nitrogens is 1. The molecule has 0 saturated heterocycles. The van der Waals surface area contributed by atoms with Crippen LogP contribution in [0.1, 0.15) is 15.9 Å². The molecule has 2 aromatic rings. The fourth-order valence-corrected chi connectivity index (χ4v) is 1.56. The van der Waals surface area contributed by atoms with Gasteiger partial charge in [-0.2, -0.15) is 5.26 Å². The zero-order chi connectivity index (χ0) is 13.0. The van der Waals surface area contributed by atoms with E-state index >= 15 is 0 Å². The maximum Gasteiger partial charge on any atom is 0.258 e. The summed E-state index contributed by atoms with van der Waals surface area (Å²) in [5, 5.41) is 11.7. The summed E-state index contributed by atoms with van der Waals surface area (Å²) >= 11 is 5.89. The molecule has 1 aromatic carbocycles. The van der Waals surface area contributed by atoms with Crippen LogP contribution in [-0.2, 0) is 0 Å². The highest BCUT2D eigenvalue weighted by Gasteiger charge is 2.10. The summed E-state index contributed by atoms with van der Waals surface area (Å²) in [5.74, 6) is -0.335. The largest absolute Gasteiger partial charge is 0.322 e. The molecule has 0 unspecified atom stereocenters. The van der Waals surface area contributed by atoms with Crippen molar-refractivity contribution in [2.45, 2.75) is 0 Å². The Morgan fingerprint density at radius 1 is 1.28 bits per heavy atom. The summed E-state index contributed by atoms with van der Waals surface area (Å²) in [6.45, 7) is 0. The first kappa shape index (κ1) is 12.1. The van der Waals surface area contributed by atoms with Crippen molar-refractivity contribution >= 4 is 23.2 Å². The minimum atomic E-state index is -0.335. The molecule has 1 N–H and O–H groups in total. The lowest BCUT2D eigenvalue weighted by Crippen LogP contribution is -2.12. The van der Waals surface area contributed by atoms with Gasteiger partial charge in [0.15, 0.2) is 0 Å². The summed E-state index contributed by atoms with van der Waals surface area (Å²) < 4.78 is 0. The number of amides is 1. The number of pyridine rings is 1. The minimum Gasteiger partial charge on any atom is -0.322 e. The fourth-order valence-electron chi connectivity index (χ4n) is 1.37. The number of anilines is 1. The molecule has 4 nitrogen and oxygen atoms in total. The molecule has 2 rings (SSSR count). The molecular formula is C13H8ClN3O. The zero-order valence-corrected chi connectivity index (χ0v) is 9.98. The van der Waals surface area contributed by atoms with Crippen LogP contribution in [0.2, 0.25) is 5.02 Å². The molecule has 0 saturated carbocycles. The number of nitrogens with zero attached hydrogens (tertiary/aromatic N) is 2. The van der Waals surface area contributed by atoms with Crippen molar-refractivity contribution in [1.82, 2.24) is 4.98 Å². The highest BCUT2D eigenvalue weighted by molar-refractivity contribution is 6.34. The molecule has 0 fully saturated rings. The maximum absolute atomic E-state index is 11.9. The molecule has 1 heterocycles. The second kappa shape index (κ2) is 5.30. The number of nitriles is 1. The van der Waals surface area contributed by atoms with E-state index in [0.29, 0.717) is 21.8 Å². The summed E-state index contributed by atoms with van der Waals surface area (Å²) in [7, 11) is 0. The monoisotopic (exact) mass is 257 g/mol. The van der Waals surface area contributed by atoms with Crippen LogP contribution in [0.15, 0.2) is 42.7 Å². The van der Waals surface area contributed by atoms with E-state index in [4.69, 9.17) is 16.9 Å². The Labute approximate surface area is 109 Å². The minimum absolute atomic E-state index is 0.309. The van der Waals surface area contributed by atoms with Gasteiger partial charge in [-0.1, -0.05) is 11.6 Å². The molecule has 0 atom stereocenters. The molecule has 0 bridgehead atoms. The normalized spacial score (nSPS) is 9.56. The van der Waals surface area contributed by atoms with Crippen molar-refractivity contribution in [3.05, 3.63) is 58.9 Å². The van der Waals surface area contributed by atoms with Crippen molar-refractivity contribution in [3.63, 3.8) is 0 Å². The van der Waals surface area contributed by atoms with Crippen molar-refractivity contribution in [2.24, 2.45) is 0 Å². The third-order valence-electron chi connectivity index (χ3n) is 2.28. The molecule has 1 amide bonds. The summed E-state index contributed by atoms with van der Waals surface area (Å²) in [4.78, 5) is 15.7. The van der Waals surface area contributed by atoms with Crippen LogP contribution >= 0.6 is 11.6 Å². The van der Waals surface area contributed by atoms with Gasteiger partial charge < -0.3 is 5.32 Å². The fraction of sp³-hybridized carbons (Fsp3) is 0. The van der Waals surface area contributed by atoms with Gasteiger partial charge >= 0.3 is 0 Å². The lowest BCUT2D eigenvalue weighted by molar-refractivity contribution is 0.102. The van der Waals surface area contributed by atoms with E-state index in [1.807, 2.05) is 6.07 Å². The standard InChI is InChI=1S/C13H8ClN3O/c14-12-5-6-16-8-11(12)13(18)17-10-3-1-9(7-15)2-4-10/h1-6,8H,(H,17,18). The average Bonchev–Trinajstić information content (AvgIpc) is 2.40. The number of hydrogen-bond donors (Lipinski definition) is 1. The van der Waals surface area contributed by atoms with Gasteiger partial charge in [0.25, 0.3) is 5.91 Å². The molecule has 0 aliphatic carbocycles. The number of halogens is 1. The van der Waals surface area contributed by atoms with Gasteiger partial charge in [0.05, 0.1) is 22.2 Å². The molecule has 18 heavy (non-hydrogen) atoms. The van der Waals surface area contributed by atoms with E-state index < -0.39 is 0 Å². The lowest BCUT2D eigenvalue weighted by atomic mass is 10.2. The zero-order valence-electron chi connectivity index (χ0n) is 9.22. The molecule has 0 spiro atoms. The quantitative estimate of drug-likeness (QED) is 0.900. The first-order valence-corrected chi connectivity index (χ1v) is 5.49. The number of carbonyl (C=O) groups excluding carboxylic acids is 1. The molecule has 0 radical (unpaired) electrons. The van der Waals surface area contributed by atoms with Gasteiger partial charge in [-0.25, -0.2) is 0 Å². The van der Waals surface area contributed by atoms with Crippen molar-refractivity contribution in [2.75, 3.05) is 5.32 Å². The van der Waals surface area contributed by atoms with Gasteiger partial charge in [-0.15, -0.1) is 0 Å². The Balaban J connectivity index is 2.17. The summed E-state index contributed by atoms with van der Waals surface area (Å²) in [5.41, 5.74) is 1.44. The Morgan fingerprint density at radius 3 is 2.61 bits per heavy atom. The average molecular weight is 258 g/mol. The van der Waals surface area contributed by atoms with Gasteiger partial charge in [-0.05, 0) is 30.3 Å². The third kappa shape index (κ3) is 2.65. The predicted octanol–water partition coefficient (Wildman–Crippen LogP) is 2.86. The van der Waals surface area contributed by atoms with E-state index in [1.54, 1.807) is 30.3 Å². The number of rotatable bonds is 2. The van der Waals surface area contributed by atoms with Crippen LogP contribution in [0.5, 0.6) is 0 Å². The van der Waals surface area contributed by atoms with Crippen LogP contribution in [0.25, 0.3) is 0 Å².